The van der Waals surface area contributed by atoms with Crippen molar-refractivity contribution in [3.05, 3.63) is 34.6 Å². The van der Waals surface area contributed by atoms with Crippen LogP contribution in [0.4, 0.5) is 0 Å². The molecule has 0 N–H and O–H groups in total. The molecule has 5 heteroatoms. The third kappa shape index (κ3) is 2.79. The van der Waals surface area contributed by atoms with Crippen molar-refractivity contribution in [2.24, 2.45) is 0 Å². The Morgan fingerprint density at radius 1 is 1.38 bits per heavy atom. The molecule has 112 valence electrons. The number of allylic oxidation sites excluding steroid dienone is 2. The Bertz CT molecular complexity index is 690. The Morgan fingerprint density at radius 3 is 2.81 bits per heavy atom. The number of fused-ring (bicyclic) bond motifs is 1. The van der Waals surface area contributed by atoms with Crippen LogP contribution in [0.15, 0.2) is 34.6 Å². The highest BCUT2D eigenvalue weighted by atomic mass is 79.9. The van der Waals surface area contributed by atoms with E-state index in [9.17, 15) is 0 Å². The highest BCUT2D eigenvalue weighted by Crippen LogP contribution is 2.32. The van der Waals surface area contributed by atoms with Gasteiger partial charge in [-0.2, -0.15) is 5.10 Å². The average Bonchev–Trinajstić information content (AvgIpc) is 2.89. The van der Waals surface area contributed by atoms with E-state index in [1.807, 2.05) is 6.07 Å². The quantitative estimate of drug-likeness (QED) is 0.839. The summed E-state index contributed by atoms with van der Waals surface area (Å²) in [7, 11) is 5.90. The van der Waals surface area contributed by atoms with Crippen molar-refractivity contribution in [1.29, 1.82) is 0 Å². The molecule has 4 nitrogen and oxygen atoms in total. The zero-order chi connectivity index (χ0) is 15.0. The van der Waals surface area contributed by atoms with Crippen molar-refractivity contribution in [2.45, 2.75) is 25.3 Å². The van der Waals surface area contributed by atoms with Gasteiger partial charge in [-0.05, 0) is 41.3 Å². The Morgan fingerprint density at radius 2 is 2.19 bits per heavy atom. The molecule has 0 fully saturated rings. The van der Waals surface area contributed by atoms with Crippen LogP contribution in [0.2, 0.25) is 0 Å². The van der Waals surface area contributed by atoms with Crippen molar-refractivity contribution < 1.29 is 4.74 Å². The number of benzene rings is 1. The van der Waals surface area contributed by atoms with Crippen LogP contribution >= 0.6 is 15.9 Å². The summed E-state index contributed by atoms with van der Waals surface area (Å²) in [5.74, 6) is 0.825. The number of hydrogen-bond donors (Lipinski definition) is 0. The summed E-state index contributed by atoms with van der Waals surface area (Å²) in [4.78, 5) is 2.21. The highest BCUT2D eigenvalue weighted by molar-refractivity contribution is 9.10. The van der Waals surface area contributed by atoms with Crippen molar-refractivity contribution in [3.63, 3.8) is 0 Å². The second-order valence-corrected chi connectivity index (χ2v) is 6.53. The fourth-order valence-electron chi connectivity index (χ4n) is 2.84. The Labute approximate surface area is 133 Å². The molecule has 0 spiro atoms. The normalized spacial score (nSPS) is 18.7. The van der Waals surface area contributed by atoms with E-state index in [1.54, 1.807) is 7.11 Å². The summed E-state index contributed by atoms with van der Waals surface area (Å²) in [6, 6.07) is 4.51. The number of hydrogen-bond acceptors (Lipinski definition) is 3. The summed E-state index contributed by atoms with van der Waals surface area (Å²) in [6.45, 7) is 0. The van der Waals surface area contributed by atoms with E-state index in [-0.39, 0.29) is 0 Å². The van der Waals surface area contributed by atoms with Crippen LogP contribution in [0.3, 0.4) is 0 Å². The molecule has 21 heavy (non-hydrogen) atoms. The monoisotopic (exact) mass is 349 g/mol. The van der Waals surface area contributed by atoms with Gasteiger partial charge in [0.2, 0.25) is 0 Å². The van der Waals surface area contributed by atoms with Crippen molar-refractivity contribution >= 4 is 26.8 Å². The molecule has 1 heterocycles. The van der Waals surface area contributed by atoms with Gasteiger partial charge in [0.25, 0.3) is 0 Å². The fraction of sp³-hybridized carbons (Fsp3) is 0.438. The number of halogens is 1. The molecule has 1 atom stereocenters. The summed E-state index contributed by atoms with van der Waals surface area (Å²) in [5, 5.41) is 5.87. The van der Waals surface area contributed by atoms with Crippen LogP contribution in [-0.2, 0) is 0 Å². The molecule has 1 aliphatic rings. The van der Waals surface area contributed by atoms with E-state index in [0.29, 0.717) is 6.04 Å². The van der Waals surface area contributed by atoms with Gasteiger partial charge >= 0.3 is 0 Å². The van der Waals surface area contributed by atoms with Crippen LogP contribution in [0.5, 0.6) is 5.75 Å². The standard InChI is InChI=1S/C16H20BrN3O/c1-19(2)12-4-6-13(7-5-12)20-10-11-8-14(17)16(21-3)9-15(11)18-20/h4,8-10,13H,5-7H2,1-3H3. The fourth-order valence-corrected chi connectivity index (χ4v) is 3.36. The van der Waals surface area contributed by atoms with Gasteiger partial charge in [0.15, 0.2) is 0 Å². The van der Waals surface area contributed by atoms with Gasteiger partial charge in [-0.15, -0.1) is 0 Å². The Kier molecular flexibility index (Phi) is 3.93. The number of nitrogens with zero attached hydrogens (tertiary/aromatic N) is 3. The largest absolute Gasteiger partial charge is 0.495 e. The molecule has 1 unspecified atom stereocenters. The van der Waals surface area contributed by atoms with Gasteiger partial charge in [0.05, 0.1) is 23.1 Å². The van der Waals surface area contributed by atoms with E-state index >= 15 is 0 Å². The molecule has 0 saturated heterocycles. The van der Waals surface area contributed by atoms with Crippen molar-refractivity contribution in [1.82, 2.24) is 14.7 Å². The predicted molar refractivity (Wildman–Crippen MR) is 88.6 cm³/mol. The molecular weight excluding hydrogens is 330 g/mol. The van der Waals surface area contributed by atoms with E-state index in [2.05, 4.69) is 57.9 Å². The first kappa shape index (κ1) is 14.4. The molecule has 0 saturated carbocycles. The number of aromatic nitrogens is 2. The third-order valence-corrected chi connectivity index (χ3v) is 4.72. The van der Waals surface area contributed by atoms with Crippen LogP contribution in [0, 0.1) is 0 Å². The van der Waals surface area contributed by atoms with Gasteiger partial charge in [-0.3, -0.25) is 4.68 Å². The van der Waals surface area contributed by atoms with Crippen LogP contribution < -0.4 is 4.74 Å². The predicted octanol–water partition coefficient (Wildman–Crippen LogP) is 3.98. The van der Waals surface area contributed by atoms with Crippen LogP contribution in [0.25, 0.3) is 10.9 Å². The summed E-state index contributed by atoms with van der Waals surface area (Å²) >= 11 is 3.53. The molecule has 1 aromatic heterocycles. The highest BCUT2D eigenvalue weighted by Gasteiger charge is 2.18. The molecular formula is C16H20BrN3O. The van der Waals surface area contributed by atoms with E-state index < -0.39 is 0 Å². The second kappa shape index (κ2) is 5.72. The first-order valence-electron chi connectivity index (χ1n) is 7.17. The van der Waals surface area contributed by atoms with Crippen LogP contribution in [0.1, 0.15) is 25.3 Å². The molecule has 2 aromatic rings. The van der Waals surface area contributed by atoms with Crippen molar-refractivity contribution in [2.75, 3.05) is 21.2 Å². The van der Waals surface area contributed by atoms with Gasteiger partial charge < -0.3 is 9.64 Å². The van der Waals surface area contributed by atoms with Gasteiger partial charge in [0.1, 0.15) is 5.75 Å². The number of rotatable bonds is 3. The SMILES string of the molecule is COc1cc2nn(C3CC=C(N(C)C)CC3)cc2cc1Br. The minimum absolute atomic E-state index is 0.450. The molecule has 3 rings (SSSR count). The van der Waals surface area contributed by atoms with Crippen molar-refractivity contribution in [3.8, 4) is 5.75 Å². The number of ether oxygens (including phenoxy) is 1. The van der Waals surface area contributed by atoms with Gasteiger partial charge in [-0.1, -0.05) is 6.08 Å². The summed E-state index contributed by atoms with van der Waals surface area (Å²) < 4.78 is 8.42. The van der Waals surface area contributed by atoms with Gasteiger partial charge in [0, 0.05) is 37.4 Å². The molecule has 1 aliphatic carbocycles. The molecule has 1 aromatic carbocycles. The maximum atomic E-state index is 5.34. The summed E-state index contributed by atoms with van der Waals surface area (Å²) in [5.41, 5.74) is 2.41. The topological polar surface area (TPSA) is 30.3 Å². The first-order valence-corrected chi connectivity index (χ1v) is 7.96. The average molecular weight is 350 g/mol. The Balaban J connectivity index is 1.89. The second-order valence-electron chi connectivity index (χ2n) is 5.67. The molecule has 0 radical (unpaired) electrons. The lowest BCUT2D eigenvalue weighted by molar-refractivity contribution is 0.374. The van der Waals surface area contributed by atoms with Crippen LogP contribution in [-0.4, -0.2) is 35.9 Å². The first-order chi connectivity index (χ1) is 10.1. The zero-order valence-corrected chi connectivity index (χ0v) is 14.2. The minimum Gasteiger partial charge on any atom is -0.495 e. The minimum atomic E-state index is 0.450. The third-order valence-electron chi connectivity index (χ3n) is 4.10. The lowest BCUT2D eigenvalue weighted by Crippen LogP contribution is -2.19. The maximum Gasteiger partial charge on any atom is 0.135 e. The summed E-state index contributed by atoms with van der Waals surface area (Å²) in [6.07, 6.45) is 7.76. The number of methoxy groups -OCH3 is 1. The van der Waals surface area contributed by atoms with Gasteiger partial charge in [-0.25, -0.2) is 0 Å². The zero-order valence-electron chi connectivity index (χ0n) is 12.6. The maximum absolute atomic E-state index is 5.34. The Hall–Kier alpha value is -1.49. The van der Waals surface area contributed by atoms with E-state index in [4.69, 9.17) is 9.84 Å². The lowest BCUT2D eigenvalue weighted by atomic mass is 9.99. The molecule has 0 aliphatic heterocycles. The molecule has 0 bridgehead atoms. The smallest absolute Gasteiger partial charge is 0.135 e. The van der Waals surface area contributed by atoms with E-state index in [1.165, 1.54) is 5.70 Å². The lowest BCUT2D eigenvalue weighted by Gasteiger charge is -2.26. The molecule has 0 amide bonds. The van der Waals surface area contributed by atoms with E-state index in [0.717, 1.165) is 40.4 Å².